The van der Waals surface area contributed by atoms with E-state index in [-0.39, 0.29) is 0 Å². The van der Waals surface area contributed by atoms with Crippen molar-refractivity contribution >= 4 is 0 Å². The zero-order valence-corrected chi connectivity index (χ0v) is 12.0. The lowest BCUT2D eigenvalue weighted by Gasteiger charge is -2.21. The predicted molar refractivity (Wildman–Crippen MR) is 77.4 cm³/mol. The molecule has 0 radical (unpaired) electrons. The van der Waals surface area contributed by atoms with Gasteiger partial charge in [-0.2, -0.15) is 0 Å². The summed E-state index contributed by atoms with van der Waals surface area (Å²) < 4.78 is 5.31. The average Bonchev–Trinajstić information content (AvgIpc) is 2.86. The largest absolute Gasteiger partial charge is 0.496 e. The van der Waals surface area contributed by atoms with Gasteiger partial charge >= 0.3 is 0 Å². The number of aliphatic hydroxyl groups excluding tert-OH is 1. The maximum atomic E-state index is 10.4. The highest BCUT2D eigenvalue weighted by atomic mass is 16.5. The standard InChI is InChI=1S/C16H25NO2/c1-3-6-13-9-10-17(11-13)12-15(18)14-7-4-5-8-16(14)19-2/h4-5,7-8,13,15,18H,3,6,9-12H2,1-2H3. The average molecular weight is 263 g/mol. The van der Waals surface area contributed by atoms with Gasteiger partial charge in [-0.1, -0.05) is 31.5 Å². The minimum atomic E-state index is -0.462. The Morgan fingerprint density at radius 2 is 2.21 bits per heavy atom. The number of hydrogen-bond acceptors (Lipinski definition) is 3. The summed E-state index contributed by atoms with van der Waals surface area (Å²) in [4.78, 5) is 2.37. The van der Waals surface area contributed by atoms with Gasteiger partial charge in [0.1, 0.15) is 5.75 Å². The van der Waals surface area contributed by atoms with Crippen LogP contribution in [-0.4, -0.2) is 36.8 Å². The number of ether oxygens (including phenoxy) is 1. The van der Waals surface area contributed by atoms with Gasteiger partial charge in [0.15, 0.2) is 0 Å². The number of para-hydroxylation sites is 1. The van der Waals surface area contributed by atoms with E-state index in [1.54, 1.807) is 7.11 Å². The molecule has 0 saturated carbocycles. The van der Waals surface area contributed by atoms with Crippen molar-refractivity contribution in [2.75, 3.05) is 26.7 Å². The van der Waals surface area contributed by atoms with E-state index in [4.69, 9.17) is 4.74 Å². The number of hydrogen-bond donors (Lipinski definition) is 1. The minimum Gasteiger partial charge on any atom is -0.496 e. The molecular formula is C16H25NO2. The van der Waals surface area contributed by atoms with Gasteiger partial charge in [0, 0.05) is 18.7 Å². The normalized spacial score (nSPS) is 21.5. The van der Waals surface area contributed by atoms with E-state index in [0.717, 1.165) is 30.3 Å². The number of likely N-dealkylation sites (tertiary alicyclic amines) is 1. The van der Waals surface area contributed by atoms with Crippen LogP contribution in [0.5, 0.6) is 5.75 Å². The summed E-state index contributed by atoms with van der Waals surface area (Å²) in [6, 6.07) is 7.73. The van der Waals surface area contributed by atoms with Crippen LogP contribution in [0.25, 0.3) is 0 Å². The molecule has 3 heteroatoms. The summed E-state index contributed by atoms with van der Waals surface area (Å²) in [7, 11) is 1.65. The number of methoxy groups -OCH3 is 1. The summed E-state index contributed by atoms with van der Waals surface area (Å²) >= 11 is 0. The molecule has 1 heterocycles. The fraction of sp³-hybridized carbons (Fsp3) is 0.625. The predicted octanol–water partition coefficient (Wildman–Crippen LogP) is 2.85. The van der Waals surface area contributed by atoms with E-state index in [9.17, 15) is 5.11 Å². The van der Waals surface area contributed by atoms with E-state index in [1.165, 1.54) is 19.3 Å². The zero-order valence-electron chi connectivity index (χ0n) is 12.0. The van der Waals surface area contributed by atoms with Crippen LogP contribution in [0.1, 0.15) is 37.9 Å². The number of benzene rings is 1. The second-order valence-corrected chi connectivity index (χ2v) is 5.46. The SMILES string of the molecule is CCCC1CCN(CC(O)c2ccccc2OC)C1. The van der Waals surface area contributed by atoms with Crippen molar-refractivity contribution in [3.63, 3.8) is 0 Å². The topological polar surface area (TPSA) is 32.7 Å². The van der Waals surface area contributed by atoms with Crippen LogP contribution >= 0.6 is 0 Å². The van der Waals surface area contributed by atoms with Crippen LogP contribution in [0.3, 0.4) is 0 Å². The van der Waals surface area contributed by atoms with Gasteiger partial charge < -0.3 is 14.7 Å². The molecule has 1 N–H and O–H groups in total. The number of β-amino-alcohol motifs (C(OH)–C–C–N with tert-alkyl or cyclic N) is 1. The molecule has 19 heavy (non-hydrogen) atoms. The van der Waals surface area contributed by atoms with Gasteiger partial charge in [-0.05, 0) is 31.4 Å². The molecule has 1 aromatic carbocycles. The lowest BCUT2D eigenvalue weighted by atomic mass is 10.0. The highest BCUT2D eigenvalue weighted by Crippen LogP contribution is 2.28. The zero-order chi connectivity index (χ0) is 13.7. The fourth-order valence-electron chi connectivity index (χ4n) is 3.01. The van der Waals surface area contributed by atoms with Gasteiger partial charge in [-0.25, -0.2) is 0 Å². The maximum Gasteiger partial charge on any atom is 0.124 e. The van der Waals surface area contributed by atoms with E-state index in [0.29, 0.717) is 6.54 Å². The molecule has 1 fully saturated rings. The summed E-state index contributed by atoms with van der Waals surface area (Å²) in [5.74, 6) is 1.59. The monoisotopic (exact) mass is 263 g/mol. The highest BCUT2D eigenvalue weighted by molar-refractivity contribution is 5.35. The second kappa shape index (κ2) is 6.92. The minimum absolute atomic E-state index is 0.462. The third-order valence-corrected chi connectivity index (χ3v) is 4.00. The van der Waals surface area contributed by atoms with Crippen molar-refractivity contribution in [3.8, 4) is 5.75 Å². The molecule has 106 valence electrons. The molecule has 2 unspecified atom stereocenters. The molecule has 3 nitrogen and oxygen atoms in total. The van der Waals surface area contributed by atoms with Gasteiger partial charge in [0.05, 0.1) is 13.2 Å². The Morgan fingerprint density at radius 3 is 2.95 bits per heavy atom. The van der Waals surface area contributed by atoms with Crippen molar-refractivity contribution in [2.45, 2.75) is 32.3 Å². The van der Waals surface area contributed by atoms with Crippen molar-refractivity contribution in [3.05, 3.63) is 29.8 Å². The molecule has 0 spiro atoms. The highest BCUT2D eigenvalue weighted by Gasteiger charge is 2.24. The van der Waals surface area contributed by atoms with Gasteiger partial charge in [0.2, 0.25) is 0 Å². The van der Waals surface area contributed by atoms with Crippen LogP contribution < -0.4 is 4.74 Å². The molecule has 2 atom stereocenters. The second-order valence-electron chi connectivity index (χ2n) is 5.46. The molecule has 1 saturated heterocycles. The van der Waals surface area contributed by atoms with Crippen molar-refractivity contribution in [1.29, 1.82) is 0 Å². The molecule has 0 aliphatic carbocycles. The van der Waals surface area contributed by atoms with Crippen LogP contribution in [0, 0.1) is 5.92 Å². The summed E-state index contributed by atoms with van der Waals surface area (Å²) in [5, 5.41) is 10.4. The Kier molecular flexibility index (Phi) is 5.23. The van der Waals surface area contributed by atoms with Crippen LogP contribution in [0.2, 0.25) is 0 Å². The smallest absolute Gasteiger partial charge is 0.124 e. The summed E-state index contributed by atoms with van der Waals surface area (Å²) in [6.07, 6.45) is 3.37. The quantitative estimate of drug-likeness (QED) is 0.856. The molecule has 0 bridgehead atoms. The van der Waals surface area contributed by atoms with Crippen LogP contribution in [0.15, 0.2) is 24.3 Å². The molecule has 1 aliphatic heterocycles. The van der Waals surface area contributed by atoms with E-state index in [1.807, 2.05) is 24.3 Å². The molecule has 0 amide bonds. The van der Waals surface area contributed by atoms with E-state index < -0.39 is 6.10 Å². The molecule has 0 aromatic heterocycles. The van der Waals surface area contributed by atoms with Gasteiger partial charge in [-0.3, -0.25) is 0 Å². The lowest BCUT2D eigenvalue weighted by molar-refractivity contribution is 0.121. The molecule has 2 rings (SSSR count). The van der Waals surface area contributed by atoms with E-state index in [2.05, 4.69) is 11.8 Å². The summed E-state index contributed by atoms with van der Waals surface area (Å²) in [5.41, 5.74) is 0.893. The Hall–Kier alpha value is -1.06. The Balaban J connectivity index is 1.92. The first kappa shape index (κ1) is 14.4. The Bertz CT molecular complexity index is 394. The Labute approximate surface area is 116 Å². The maximum absolute atomic E-state index is 10.4. The first-order valence-corrected chi connectivity index (χ1v) is 7.28. The number of rotatable bonds is 6. The molecule has 1 aliphatic rings. The number of nitrogens with zero attached hydrogens (tertiary/aromatic N) is 1. The van der Waals surface area contributed by atoms with Crippen LogP contribution in [-0.2, 0) is 0 Å². The third kappa shape index (κ3) is 3.71. The lowest BCUT2D eigenvalue weighted by Crippen LogP contribution is -2.26. The molecule has 1 aromatic rings. The summed E-state index contributed by atoms with van der Waals surface area (Å²) in [6.45, 7) is 5.18. The third-order valence-electron chi connectivity index (χ3n) is 4.00. The van der Waals surface area contributed by atoms with E-state index >= 15 is 0 Å². The van der Waals surface area contributed by atoms with Gasteiger partial charge in [-0.15, -0.1) is 0 Å². The first-order chi connectivity index (χ1) is 9.24. The van der Waals surface area contributed by atoms with Crippen LogP contribution in [0.4, 0.5) is 0 Å². The van der Waals surface area contributed by atoms with Crippen molar-refractivity contribution < 1.29 is 9.84 Å². The first-order valence-electron chi connectivity index (χ1n) is 7.28. The van der Waals surface area contributed by atoms with Crippen molar-refractivity contribution in [2.24, 2.45) is 5.92 Å². The number of aliphatic hydroxyl groups is 1. The van der Waals surface area contributed by atoms with Gasteiger partial charge in [0.25, 0.3) is 0 Å². The fourth-order valence-corrected chi connectivity index (χ4v) is 3.01. The Morgan fingerprint density at radius 1 is 1.42 bits per heavy atom. The van der Waals surface area contributed by atoms with Crippen molar-refractivity contribution in [1.82, 2.24) is 4.90 Å². The molecular weight excluding hydrogens is 238 g/mol.